The molecule has 0 aromatic carbocycles. The van der Waals surface area contributed by atoms with E-state index in [1.807, 2.05) is 11.4 Å². The van der Waals surface area contributed by atoms with E-state index in [2.05, 4.69) is 16.9 Å². The maximum Gasteiger partial charge on any atom is 0.272 e. The number of aromatic nitrogens is 2. The topological polar surface area (TPSA) is 64.0 Å². The summed E-state index contributed by atoms with van der Waals surface area (Å²) < 4.78 is 2.12. The third-order valence-corrected chi connectivity index (χ3v) is 4.45. The highest BCUT2D eigenvalue weighted by Crippen LogP contribution is 2.23. The van der Waals surface area contributed by atoms with Gasteiger partial charge < -0.3 is 5.32 Å². The summed E-state index contributed by atoms with van der Waals surface area (Å²) >= 11 is 1.36. The van der Waals surface area contributed by atoms with Crippen LogP contribution in [0.25, 0.3) is 10.2 Å². The number of hydrogen-bond donors (Lipinski definition) is 1. The lowest BCUT2D eigenvalue weighted by molar-refractivity contribution is -0.123. The molecule has 20 heavy (non-hydrogen) atoms. The molecule has 0 radical (unpaired) electrons. The van der Waals surface area contributed by atoms with Gasteiger partial charge in [0.15, 0.2) is 0 Å². The zero-order chi connectivity index (χ0) is 14.3. The van der Waals surface area contributed by atoms with Crippen LogP contribution in [0.3, 0.4) is 0 Å². The van der Waals surface area contributed by atoms with Crippen LogP contribution in [-0.4, -0.2) is 15.5 Å². The van der Waals surface area contributed by atoms with E-state index in [-0.39, 0.29) is 11.5 Å². The number of carbonyl (C=O) groups excluding carboxylic acids is 1. The summed E-state index contributed by atoms with van der Waals surface area (Å²) in [5, 5.41) is 4.61. The average molecular weight is 289 g/mol. The molecule has 1 atom stereocenters. The van der Waals surface area contributed by atoms with E-state index in [0.29, 0.717) is 28.2 Å². The molecule has 3 heterocycles. The zero-order valence-electron chi connectivity index (χ0n) is 11.2. The van der Waals surface area contributed by atoms with Crippen molar-refractivity contribution in [2.45, 2.75) is 32.2 Å². The molecule has 5 nitrogen and oxygen atoms in total. The predicted molar refractivity (Wildman–Crippen MR) is 78.8 cm³/mol. The van der Waals surface area contributed by atoms with Gasteiger partial charge in [-0.1, -0.05) is 6.58 Å². The normalized spacial score (nSPS) is 19.9. The number of fused-ring (bicyclic) bond motifs is 1. The summed E-state index contributed by atoms with van der Waals surface area (Å²) in [6.07, 6.45) is 2.21. The van der Waals surface area contributed by atoms with Gasteiger partial charge in [-0.05, 0) is 37.6 Å². The molecule has 104 valence electrons. The van der Waals surface area contributed by atoms with Crippen LogP contribution in [0.2, 0.25) is 0 Å². The minimum absolute atomic E-state index is 0.129. The third-order valence-electron chi connectivity index (χ3n) is 3.56. The highest BCUT2D eigenvalue weighted by atomic mass is 32.1. The standard InChI is InChI=1S/C14H15N3O2S/c1-8-4-3-5-11(13(18)15-8)17-9(2)16-10-6-7-20-12(10)14(17)19/h6-7,11H,1,3-5H2,2H3,(H,15,18). The Morgan fingerprint density at radius 2 is 2.30 bits per heavy atom. The summed E-state index contributed by atoms with van der Waals surface area (Å²) in [5.74, 6) is 0.406. The first kappa shape index (κ1) is 13.1. The third kappa shape index (κ3) is 2.06. The molecule has 1 amide bonds. The van der Waals surface area contributed by atoms with Crippen LogP contribution in [0.15, 0.2) is 28.5 Å². The number of rotatable bonds is 1. The van der Waals surface area contributed by atoms with Gasteiger partial charge in [-0.3, -0.25) is 14.2 Å². The maximum atomic E-state index is 12.6. The molecule has 2 aromatic rings. The van der Waals surface area contributed by atoms with Gasteiger partial charge in [-0.15, -0.1) is 11.3 Å². The molecule has 1 aliphatic heterocycles. The molecular weight excluding hydrogens is 274 g/mol. The Kier molecular flexibility index (Phi) is 3.17. The van der Waals surface area contributed by atoms with Gasteiger partial charge in [0.2, 0.25) is 5.91 Å². The molecule has 1 unspecified atom stereocenters. The van der Waals surface area contributed by atoms with Gasteiger partial charge in [0, 0.05) is 5.70 Å². The van der Waals surface area contributed by atoms with Crippen molar-refractivity contribution in [1.82, 2.24) is 14.9 Å². The molecule has 2 aromatic heterocycles. The second-order valence-corrected chi connectivity index (χ2v) is 5.89. The molecule has 0 spiro atoms. The van der Waals surface area contributed by atoms with Gasteiger partial charge in [-0.25, -0.2) is 4.98 Å². The number of allylic oxidation sites excluding steroid dienone is 1. The van der Waals surface area contributed by atoms with Crippen molar-refractivity contribution in [3.05, 3.63) is 39.9 Å². The second-order valence-electron chi connectivity index (χ2n) is 4.97. The highest BCUT2D eigenvalue weighted by Gasteiger charge is 2.27. The first-order chi connectivity index (χ1) is 9.58. The average Bonchev–Trinajstić information content (AvgIpc) is 2.78. The molecule has 1 aliphatic rings. The van der Waals surface area contributed by atoms with Crippen molar-refractivity contribution in [1.29, 1.82) is 0 Å². The van der Waals surface area contributed by atoms with Crippen molar-refractivity contribution in [3.63, 3.8) is 0 Å². The fourth-order valence-electron chi connectivity index (χ4n) is 2.61. The fraction of sp³-hybridized carbons (Fsp3) is 0.357. The summed E-state index contributed by atoms with van der Waals surface area (Å²) in [6.45, 7) is 5.58. The van der Waals surface area contributed by atoms with Crippen LogP contribution < -0.4 is 10.9 Å². The Hall–Kier alpha value is -1.95. The monoisotopic (exact) mass is 289 g/mol. The van der Waals surface area contributed by atoms with E-state index in [4.69, 9.17) is 0 Å². The second kappa shape index (κ2) is 4.86. The van der Waals surface area contributed by atoms with E-state index in [0.717, 1.165) is 12.8 Å². The van der Waals surface area contributed by atoms with Crippen LogP contribution in [-0.2, 0) is 4.79 Å². The highest BCUT2D eigenvalue weighted by molar-refractivity contribution is 7.17. The van der Waals surface area contributed by atoms with E-state index >= 15 is 0 Å². The minimum Gasteiger partial charge on any atom is -0.329 e. The van der Waals surface area contributed by atoms with E-state index in [1.165, 1.54) is 15.9 Å². The van der Waals surface area contributed by atoms with Crippen LogP contribution in [0.5, 0.6) is 0 Å². The lowest BCUT2D eigenvalue weighted by atomic mass is 10.1. The number of carbonyl (C=O) groups is 1. The Morgan fingerprint density at radius 1 is 1.50 bits per heavy atom. The first-order valence-electron chi connectivity index (χ1n) is 6.53. The number of nitrogens with zero attached hydrogens (tertiary/aromatic N) is 2. The molecule has 6 heteroatoms. The van der Waals surface area contributed by atoms with Crippen LogP contribution in [0.4, 0.5) is 0 Å². The van der Waals surface area contributed by atoms with E-state index in [1.54, 1.807) is 6.92 Å². The summed E-state index contributed by atoms with van der Waals surface area (Å²) in [5.41, 5.74) is 1.29. The van der Waals surface area contributed by atoms with Crippen molar-refractivity contribution in [3.8, 4) is 0 Å². The summed E-state index contributed by atoms with van der Waals surface area (Å²) in [4.78, 5) is 29.3. The predicted octanol–water partition coefficient (Wildman–Crippen LogP) is 2.12. The first-order valence-corrected chi connectivity index (χ1v) is 7.41. The van der Waals surface area contributed by atoms with Crippen molar-refractivity contribution >= 4 is 27.5 Å². The van der Waals surface area contributed by atoms with Gasteiger partial charge in [0.25, 0.3) is 5.56 Å². The fourth-order valence-corrected chi connectivity index (χ4v) is 3.38. The van der Waals surface area contributed by atoms with Gasteiger partial charge in [0.1, 0.15) is 16.6 Å². The summed E-state index contributed by atoms with van der Waals surface area (Å²) in [6, 6.07) is 1.33. The van der Waals surface area contributed by atoms with Crippen molar-refractivity contribution in [2.24, 2.45) is 0 Å². The van der Waals surface area contributed by atoms with Crippen LogP contribution >= 0.6 is 11.3 Å². The number of aryl methyl sites for hydroxylation is 1. The van der Waals surface area contributed by atoms with Gasteiger partial charge in [0.05, 0.1) is 5.52 Å². The van der Waals surface area contributed by atoms with E-state index < -0.39 is 6.04 Å². The van der Waals surface area contributed by atoms with Crippen molar-refractivity contribution < 1.29 is 4.79 Å². The SMILES string of the molecule is C=C1CCCC(n2c(C)nc3ccsc3c2=O)C(=O)N1. The quantitative estimate of drug-likeness (QED) is 0.874. The number of amides is 1. The molecule has 1 N–H and O–H groups in total. The number of nitrogens with one attached hydrogen (secondary N) is 1. The molecule has 0 bridgehead atoms. The molecule has 0 saturated carbocycles. The molecule has 3 rings (SSSR count). The number of hydrogen-bond acceptors (Lipinski definition) is 4. The molecular formula is C14H15N3O2S. The smallest absolute Gasteiger partial charge is 0.272 e. The van der Waals surface area contributed by atoms with Crippen LogP contribution in [0, 0.1) is 6.92 Å². The lowest BCUT2D eigenvalue weighted by Crippen LogP contribution is -2.36. The molecule has 0 aliphatic carbocycles. The van der Waals surface area contributed by atoms with Crippen molar-refractivity contribution in [2.75, 3.05) is 0 Å². The summed E-state index contributed by atoms with van der Waals surface area (Å²) in [7, 11) is 0. The largest absolute Gasteiger partial charge is 0.329 e. The van der Waals surface area contributed by atoms with Crippen LogP contribution in [0.1, 0.15) is 31.1 Å². The Balaban J connectivity index is 2.15. The Morgan fingerprint density at radius 3 is 3.10 bits per heavy atom. The molecule has 1 saturated heterocycles. The zero-order valence-corrected chi connectivity index (χ0v) is 12.0. The minimum atomic E-state index is -0.499. The Bertz CT molecular complexity index is 759. The molecule has 1 fully saturated rings. The van der Waals surface area contributed by atoms with Gasteiger partial charge in [-0.2, -0.15) is 0 Å². The van der Waals surface area contributed by atoms with E-state index in [9.17, 15) is 9.59 Å². The lowest BCUT2D eigenvalue weighted by Gasteiger charge is -2.18. The van der Waals surface area contributed by atoms with Gasteiger partial charge >= 0.3 is 0 Å². The maximum absolute atomic E-state index is 12.6. The Labute approximate surface area is 119 Å². The number of thiophene rings is 1.